The second kappa shape index (κ2) is 15.5. The van der Waals surface area contributed by atoms with Gasteiger partial charge < -0.3 is 64.9 Å². The molecule has 4 aromatic carbocycles. The predicted molar refractivity (Wildman–Crippen MR) is 176 cm³/mol. The van der Waals surface area contributed by atoms with Crippen LogP contribution < -0.4 is 4.74 Å². The average molecular weight is 721 g/mol. The quantitative estimate of drug-likeness (QED) is 0.0415. The molecule has 0 saturated heterocycles. The molecule has 1 heterocycles. The number of ether oxygens (including phenoxy) is 4. The maximum Gasteiger partial charge on any atom is 0.345 e. The first-order valence-corrected chi connectivity index (χ1v) is 15.4. The van der Waals surface area contributed by atoms with Gasteiger partial charge in [0.05, 0.1) is 0 Å². The van der Waals surface area contributed by atoms with E-state index in [1.165, 1.54) is 48.5 Å². The molecule has 0 saturated carbocycles. The number of carboxylic acid groups (broad SMARTS) is 1. The molecule has 1 aliphatic rings. The minimum atomic E-state index is -1.82. The van der Waals surface area contributed by atoms with Gasteiger partial charge in [-0.3, -0.25) is 4.79 Å². The van der Waals surface area contributed by atoms with Gasteiger partial charge in [-0.2, -0.15) is 0 Å². The minimum Gasteiger partial charge on any atom is -0.504 e. The summed E-state index contributed by atoms with van der Waals surface area (Å²) >= 11 is 0. The summed E-state index contributed by atoms with van der Waals surface area (Å²) in [5.41, 5.74) is 0.760. The number of carboxylic acids is 1. The van der Waals surface area contributed by atoms with Crippen LogP contribution in [0.1, 0.15) is 39.8 Å². The van der Waals surface area contributed by atoms with Gasteiger partial charge in [-0.25, -0.2) is 9.59 Å². The van der Waals surface area contributed by atoms with Gasteiger partial charge in [0.1, 0.15) is 18.8 Å². The van der Waals surface area contributed by atoms with Gasteiger partial charge in [-0.15, -0.1) is 0 Å². The van der Waals surface area contributed by atoms with E-state index in [-0.39, 0.29) is 40.2 Å². The molecule has 0 aliphatic carbocycles. The molecule has 0 aromatic heterocycles. The Kier molecular flexibility index (Phi) is 10.9. The molecular weight excluding hydrogens is 688 g/mol. The fraction of sp³-hybridized carbons (Fsp3) is 0.194. The highest BCUT2D eigenvalue weighted by Gasteiger charge is 2.46. The Morgan fingerprint density at radius 2 is 1.29 bits per heavy atom. The third-order valence-electron chi connectivity index (χ3n) is 7.99. The maximum atomic E-state index is 14.0. The zero-order valence-electron chi connectivity index (χ0n) is 26.8. The standard InChI is InChI=1S/C36H32O16/c37-16-49-30(14-18-2-7-22(39)26(43)12-18)51-29(45)10-5-19-3-9-24(41)34-31(19)32(33(52-34)20-4-8-23(40)27(44)15-20)36(48)50-28(35(46)47)13-17-1-6-21(38)25(42)11-17/h1-12,15,28,30,32-33,37-44H,13-14,16H2,(H,46,47)/t28-,30-,32+,33-/m1/s1. The summed E-state index contributed by atoms with van der Waals surface area (Å²) in [6.07, 6.45) is -2.96. The number of benzene rings is 4. The van der Waals surface area contributed by atoms with Crippen LogP contribution >= 0.6 is 0 Å². The maximum absolute atomic E-state index is 14.0. The highest BCUT2D eigenvalue weighted by atomic mass is 16.7. The topological polar surface area (TPSA) is 270 Å². The number of phenolic OH excluding ortho intramolecular Hbond substituents is 7. The summed E-state index contributed by atoms with van der Waals surface area (Å²) < 4.78 is 21.8. The molecule has 16 heteroatoms. The smallest absolute Gasteiger partial charge is 0.345 e. The Hall–Kier alpha value is -6.65. The lowest BCUT2D eigenvalue weighted by Crippen LogP contribution is -2.32. The number of phenols is 7. The van der Waals surface area contributed by atoms with Crippen molar-refractivity contribution in [3.05, 3.63) is 101 Å². The van der Waals surface area contributed by atoms with E-state index in [0.29, 0.717) is 5.56 Å². The summed E-state index contributed by atoms with van der Waals surface area (Å²) in [5, 5.41) is 88.9. The lowest BCUT2D eigenvalue weighted by molar-refractivity contribution is -0.189. The van der Waals surface area contributed by atoms with Crippen molar-refractivity contribution >= 4 is 24.0 Å². The fourth-order valence-electron chi connectivity index (χ4n) is 5.49. The number of aromatic hydroxyl groups is 7. The van der Waals surface area contributed by atoms with Gasteiger partial charge in [0, 0.05) is 24.5 Å². The van der Waals surface area contributed by atoms with Crippen molar-refractivity contribution in [3.8, 4) is 46.0 Å². The van der Waals surface area contributed by atoms with Gasteiger partial charge in [0.2, 0.25) is 12.4 Å². The van der Waals surface area contributed by atoms with Crippen molar-refractivity contribution < 1.29 is 79.3 Å². The van der Waals surface area contributed by atoms with Gasteiger partial charge in [0.25, 0.3) is 0 Å². The molecule has 0 fully saturated rings. The number of rotatable bonds is 13. The summed E-state index contributed by atoms with van der Waals surface area (Å²) in [6, 6.07) is 13.5. The zero-order chi connectivity index (χ0) is 37.7. The van der Waals surface area contributed by atoms with Crippen LogP contribution in [-0.4, -0.2) is 83.1 Å². The van der Waals surface area contributed by atoms with Gasteiger partial charge in [0.15, 0.2) is 46.0 Å². The van der Waals surface area contributed by atoms with Crippen LogP contribution in [0.15, 0.2) is 72.8 Å². The van der Waals surface area contributed by atoms with Crippen LogP contribution in [0.5, 0.6) is 46.0 Å². The first-order chi connectivity index (χ1) is 24.7. The Morgan fingerprint density at radius 1 is 0.712 bits per heavy atom. The molecule has 1 aliphatic heterocycles. The van der Waals surface area contributed by atoms with Crippen molar-refractivity contribution in [1.82, 2.24) is 0 Å². The van der Waals surface area contributed by atoms with Crippen LogP contribution in [0.25, 0.3) is 6.08 Å². The van der Waals surface area contributed by atoms with Crippen molar-refractivity contribution in [2.45, 2.75) is 37.3 Å². The van der Waals surface area contributed by atoms with Crippen molar-refractivity contribution in [3.63, 3.8) is 0 Å². The van der Waals surface area contributed by atoms with E-state index in [1.54, 1.807) is 0 Å². The molecule has 0 spiro atoms. The van der Waals surface area contributed by atoms with E-state index in [0.717, 1.165) is 30.3 Å². The molecule has 52 heavy (non-hydrogen) atoms. The summed E-state index contributed by atoms with van der Waals surface area (Å²) in [7, 11) is 0. The largest absolute Gasteiger partial charge is 0.504 e. The van der Waals surface area contributed by atoms with E-state index in [1.807, 2.05) is 0 Å². The molecule has 0 unspecified atom stereocenters. The average Bonchev–Trinajstić information content (AvgIpc) is 3.51. The molecule has 0 radical (unpaired) electrons. The van der Waals surface area contributed by atoms with Crippen molar-refractivity contribution in [2.75, 3.05) is 6.79 Å². The summed E-state index contributed by atoms with van der Waals surface area (Å²) in [6.45, 7) is -0.836. The SMILES string of the molecule is O=C(C=Cc1ccc(O)c2c1[C@H](C(=O)O[C@H](Cc1ccc(O)c(O)c1)C(=O)O)[C@@H](c1ccc(O)c(O)c1)O2)O[C@H](Cc1ccc(O)c(O)c1)OCO. The van der Waals surface area contributed by atoms with Crippen molar-refractivity contribution in [2.24, 2.45) is 0 Å². The predicted octanol–water partition coefficient (Wildman–Crippen LogP) is 3.17. The Bertz CT molecular complexity index is 2020. The Morgan fingerprint density at radius 3 is 1.87 bits per heavy atom. The molecule has 9 N–H and O–H groups in total. The number of carbonyl (C=O) groups excluding carboxylic acids is 2. The highest BCUT2D eigenvalue weighted by Crippen LogP contribution is 2.53. The monoisotopic (exact) mass is 720 g/mol. The number of hydrogen-bond donors (Lipinski definition) is 9. The number of esters is 2. The van der Waals surface area contributed by atoms with Gasteiger partial charge in [-0.05, 0) is 70.8 Å². The zero-order valence-corrected chi connectivity index (χ0v) is 26.8. The first kappa shape index (κ1) is 36.6. The molecule has 4 atom stereocenters. The molecule has 5 rings (SSSR count). The Balaban J connectivity index is 1.46. The second-order valence-corrected chi connectivity index (χ2v) is 11.5. The highest BCUT2D eigenvalue weighted by molar-refractivity contribution is 5.90. The number of hydrogen-bond acceptors (Lipinski definition) is 15. The lowest BCUT2D eigenvalue weighted by Gasteiger charge is -2.22. The van der Waals surface area contributed by atoms with Gasteiger partial charge >= 0.3 is 17.9 Å². The summed E-state index contributed by atoms with van der Waals surface area (Å²) in [4.78, 5) is 39.1. The van der Waals surface area contributed by atoms with Crippen LogP contribution in [-0.2, 0) is 41.4 Å². The van der Waals surface area contributed by atoms with Crippen LogP contribution in [0.2, 0.25) is 0 Å². The lowest BCUT2D eigenvalue weighted by atomic mass is 9.87. The summed E-state index contributed by atoms with van der Waals surface area (Å²) in [5.74, 6) is -8.79. The van der Waals surface area contributed by atoms with Crippen molar-refractivity contribution in [1.29, 1.82) is 0 Å². The number of carbonyl (C=O) groups is 3. The van der Waals surface area contributed by atoms with E-state index in [2.05, 4.69) is 0 Å². The molecular formula is C36H32O16. The van der Waals surface area contributed by atoms with Gasteiger partial charge in [-0.1, -0.05) is 24.3 Å². The van der Waals surface area contributed by atoms with E-state index < -0.39 is 90.0 Å². The second-order valence-electron chi connectivity index (χ2n) is 11.5. The number of aliphatic carboxylic acids is 1. The van der Waals surface area contributed by atoms with E-state index >= 15 is 0 Å². The van der Waals surface area contributed by atoms with E-state index in [9.17, 15) is 60.3 Å². The molecule has 4 aromatic rings. The fourth-order valence-corrected chi connectivity index (χ4v) is 5.49. The third kappa shape index (κ3) is 8.20. The molecule has 0 bridgehead atoms. The van der Waals surface area contributed by atoms with Crippen LogP contribution in [0.3, 0.4) is 0 Å². The number of aliphatic hydroxyl groups is 1. The Labute approximate surface area is 293 Å². The molecule has 272 valence electrons. The normalized spacial score (nSPS) is 16.1. The van der Waals surface area contributed by atoms with E-state index in [4.69, 9.17) is 18.9 Å². The molecule has 16 nitrogen and oxygen atoms in total. The first-order valence-electron chi connectivity index (χ1n) is 15.4. The minimum absolute atomic E-state index is 0.0410. The van der Waals surface area contributed by atoms with Crippen LogP contribution in [0.4, 0.5) is 0 Å². The van der Waals surface area contributed by atoms with Crippen LogP contribution in [0, 0.1) is 0 Å². The molecule has 0 amide bonds. The number of fused-ring (bicyclic) bond motifs is 1. The third-order valence-corrected chi connectivity index (χ3v) is 7.99. The number of aliphatic hydroxyl groups excluding tert-OH is 1.